The van der Waals surface area contributed by atoms with Gasteiger partial charge in [0.05, 0.1) is 6.42 Å². The van der Waals surface area contributed by atoms with Crippen LogP contribution in [0.3, 0.4) is 0 Å². The summed E-state index contributed by atoms with van der Waals surface area (Å²) in [5.41, 5.74) is 0. The van der Waals surface area contributed by atoms with Crippen molar-refractivity contribution >= 4 is 17.9 Å². The zero-order chi connectivity index (χ0) is 38.0. The van der Waals surface area contributed by atoms with Crippen LogP contribution in [0.15, 0.2) is 109 Å². The number of hydrogen-bond acceptors (Lipinski definition) is 6. The predicted molar refractivity (Wildman–Crippen MR) is 219 cm³/mol. The summed E-state index contributed by atoms with van der Waals surface area (Å²) in [6.45, 7) is 6.13. The summed E-state index contributed by atoms with van der Waals surface area (Å²) in [7, 11) is 0. The zero-order valence-electron chi connectivity index (χ0n) is 32.8. The first-order valence-corrected chi connectivity index (χ1v) is 19.9. The SMILES string of the molecule is CC/C=C\C/C=C\C/C=C\C/C=C\C/C=C\CCC(=O)OCC(COC(=O)CCC/C=C\CCCCCC)OC(=O)C/C=C\C/C=C\C/C=C\CC. The molecule has 6 heteroatoms. The van der Waals surface area contributed by atoms with Crippen LogP contribution < -0.4 is 0 Å². The van der Waals surface area contributed by atoms with E-state index in [0.29, 0.717) is 12.8 Å². The standard InChI is InChI=1S/C46H70O6/c1-4-7-10-13-16-19-20-21-22-23-24-25-28-30-33-36-39-45(48)51-42-43(52-46(49)40-37-34-31-27-18-15-12-9-6-3)41-50-44(47)38-35-32-29-26-17-14-11-8-5-2/h7,9-10,12,16,18-19,21-22,24-27,29-30,33-34,37,43H,4-6,8,11,13-15,17,20,23,28,31-32,35-36,38-42H2,1-3H3/b10-7-,12-9-,19-16-,22-21-,25-24-,27-18-,29-26-,33-30-,37-34-. The Morgan fingerprint density at radius 2 is 0.846 bits per heavy atom. The molecule has 0 N–H and O–H groups in total. The van der Waals surface area contributed by atoms with E-state index in [0.717, 1.165) is 64.2 Å². The summed E-state index contributed by atoms with van der Waals surface area (Å²) in [6, 6.07) is 0. The first-order valence-electron chi connectivity index (χ1n) is 19.9. The minimum atomic E-state index is -0.865. The molecule has 6 nitrogen and oxygen atoms in total. The van der Waals surface area contributed by atoms with Crippen molar-refractivity contribution in [1.29, 1.82) is 0 Å². The van der Waals surface area contributed by atoms with Crippen molar-refractivity contribution in [2.45, 2.75) is 149 Å². The van der Waals surface area contributed by atoms with Gasteiger partial charge in [0.15, 0.2) is 6.10 Å². The van der Waals surface area contributed by atoms with Crippen LogP contribution in [0.1, 0.15) is 143 Å². The molecular weight excluding hydrogens is 648 g/mol. The highest BCUT2D eigenvalue weighted by molar-refractivity contribution is 5.72. The molecule has 0 aromatic heterocycles. The fourth-order valence-electron chi connectivity index (χ4n) is 4.61. The number of hydrogen-bond donors (Lipinski definition) is 0. The van der Waals surface area contributed by atoms with E-state index in [1.165, 1.54) is 25.7 Å². The fraction of sp³-hybridized carbons (Fsp3) is 0.543. The van der Waals surface area contributed by atoms with Crippen molar-refractivity contribution in [3.63, 3.8) is 0 Å². The van der Waals surface area contributed by atoms with Crippen LogP contribution in [0.4, 0.5) is 0 Å². The van der Waals surface area contributed by atoms with Gasteiger partial charge in [0.25, 0.3) is 0 Å². The Labute approximate surface area is 317 Å². The van der Waals surface area contributed by atoms with Gasteiger partial charge >= 0.3 is 17.9 Å². The van der Waals surface area contributed by atoms with E-state index in [1.54, 1.807) is 6.08 Å². The summed E-state index contributed by atoms with van der Waals surface area (Å²) in [4.78, 5) is 37.3. The van der Waals surface area contributed by atoms with Gasteiger partial charge in [0.2, 0.25) is 0 Å². The van der Waals surface area contributed by atoms with Gasteiger partial charge in [-0.05, 0) is 83.5 Å². The lowest BCUT2D eigenvalue weighted by Gasteiger charge is -2.18. The topological polar surface area (TPSA) is 78.9 Å². The van der Waals surface area contributed by atoms with Crippen LogP contribution in [0.25, 0.3) is 0 Å². The second-order valence-corrected chi connectivity index (χ2v) is 12.4. The average Bonchev–Trinajstić information content (AvgIpc) is 3.14. The smallest absolute Gasteiger partial charge is 0.310 e. The number of unbranched alkanes of at least 4 members (excludes halogenated alkanes) is 5. The molecule has 0 radical (unpaired) electrons. The van der Waals surface area contributed by atoms with Gasteiger partial charge in [-0.3, -0.25) is 14.4 Å². The summed E-state index contributed by atoms with van der Waals surface area (Å²) in [6.07, 6.45) is 52.7. The Kier molecular flexibility index (Phi) is 36.8. The predicted octanol–water partition coefficient (Wildman–Crippen LogP) is 12.5. The van der Waals surface area contributed by atoms with E-state index in [9.17, 15) is 14.4 Å². The van der Waals surface area contributed by atoms with E-state index in [-0.39, 0.29) is 38.4 Å². The minimum Gasteiger partial charge on any atom is -0.462 e. The molecule has 0 saturated carbocycles. The number of rotatable bonds is 33. The molecule has 0 amide bonds. The number of allylic oxidation sites excluding steroid dienone is 17. The third-order valence-corrected chi connectivity index (χ3v) is 7.54. The highest BCUT2D eigenvalue weighted by Crippen LogP contribution is 2.07. The van der Waals surface area contributed by atoms with Crippen molar-refractivity contribution in [1.82, 2.24) is 0 Å². The molecule has 0 bridgehead atoms. The first kappa shape index (κ1) is 48.1. The maximum atomic E-state index is 12.5. The Morgan fingerprint density at radius 3 is 1.35 bits per heavy atom. The quantitative estimate of drug-likeness (QED) is 0.0291. The fourth-order valence-corrected chi connectivity index (χ4v) is 4.61. The molecule has 0 spiro atoms. The van der Waals surface area contributed by atoms with E-state index < -0.39 is 18.0 Å². The van der Waals surface area contributed by atoms with Crippen molar-refractivity contribution in [3.8, 4) is 0 Å². The molecule has 0 saturated heterocycles. The maximum absolute atomic E-state index is 12.5. The third kappa shape index (κ3) is 37.3. The van der Waals surface area contributed by atoms with Gasteiger partial charge in [-0.2, -0.15) is 0 Å². The maximum Gasteiger partial charge on any atom is 0.310 e. The summed E-state index contributed by atoms with van der Waals surface area (Å²) < 4.78 is 16.4. The molecular formula is C46H70O6. The Balaban J connectivity index is 4.60. The van der Waals surface area contributed by atoms with E-state index in [2.05, 4.69) is 99.8 Å². The van der Waals surface area contributed by atoms with Gasteiger partial charge in [-0.25, -0.2) is 0 Å². The van der Waals surface area contributed by atoms with Crippen LogP contribution in [0.5, 0.6) is 0 Å². The lowest BCUT2D eigenvalue weighted by atomic mass is 10.1. The van der Waals surface area contributed by atoms with Crippen LogP contribution in [0, 0.1) is 0 Å². The van der Waals surface area contributed by atoms with Crippen molar-refractivity contribution in [2.75, 3.05) is 13.2 Å². The number of esters is 3. The lowest BCUT2D eigenvalue weighted by molar-refractivity contribution is -0.166. The summed E-state index contributed by atoms with van der Waals surface area (Å²) >= 11 is 0. The number of ether oxygens (including phenoxy) is 3. The van der Waals surface area contributed by atoms with Gasteiger partial charge in [0.1, 0.15) is 13.2 Å². The van der Waals surface area contributed by atoms with Crippen molar-refractivity contribution in [3.05, 3.63) is 109 Å². The molecule has 0 aromatic rings. The molecule has 0 aliphatic carbocycles. The summed E-state index contributed by atoms with van der Waals surface area (Å²) in [5, 5.41) is 0. The molecule has 1 atom stereocenters. The molecule has 0 aliphatic rings. The highest BCUT2D eigenvalue weighted by Gasteiger charge is 2.19. The van der Waals surface area contributed by atoms with E-state index in [1.807, 2.05) is 24.3 Å². The molecule has 1 unspecified atom stereocenters. The third-order valence-electron chi connectivity index (χ3n) is 7.54. The monoisotopic (exact) mass is 719 g/mol. The Morgan fingerprint density at radius 1 is 0.423 bits per heavy atom. The van der Waals surface area contributed by atoms with Gasteiger partial charge in [-0.15, -0.1) is 0 Å². The average molecular weight is 719 g/mol. The van der Waals surface area contributed by atoms with E-state index in [4.69, 9.17) is 14.2 Å². The number of carbonyl (C=O) groups is 3. The van der Waals surface area contributed by atoms with Crippen LogP contribution in [-0.4, -0.2) is 37.2 Å². The second-order valence-electron chi connectivity index (χ2n) is 12.4. The van der Waals surface area contributed by atoms with Crippen LogP contribution in [-0.2, 0) is 28.6 Å². The highest BCUT2D eigenvalue weighted by atomic mass is 16.6. The van der Waals surface area contributed by atoms with Crippen molar-refractivity contribution < 1.29 is 28.6 Å². The largest absolute Gasteiger partial charge is 0.462 e. The minimum absolute atomic E-state index is 0.0802. The van der Waals surface area contributed by atoms with Gasteiger partial charge < -0.3 is 14.2 Å². The first-order chi connectivity index (χ1) is 25.5. The molecule has 0 aromatic carbocycles. The zero-order valence-corrected chi connectivity index (χ0v) is 32.8. The van der Waals surface area contributed by atoms with Gasteiger partial charge in [-0.1, -0.05) is 149 Å². The van der Waals surface area contributed by atoms with E-state index >= 15 is 0 Å². The van der Waals surface area contributed by atoms with Crippen LogP contribution in [0.2, 0.25) is 0 Å². The van der Waals surface area contributed by atoms with Crippen LogP contribution >= 0.6 is 0 Å². The molecule has 290 valence electrons. The molecule has 0 rings (SSSR count). The molecule has 0 fully saturated rings. The normalized spacial score (nSPS) is 13.2. The second kappa shape index (κ2) is 39.8. The Hall–Kier alpha value is -3.93. The molecule has 52 heavy (non-hydrogen) atoms. The Bertz CT molecular complexity index is 1150. The van der Waals surface area contributed by atoms with Crippen molar-refractivity contribution in [2.24, 2.45) is 0 Å². The summed E-state index contributed by atoms with van der Waals surface area (Å²) in [5.74, 6) is -1.22. The lowest BCUT2D eigenvalue weighted by Crippen LogP contribution is -2.30. The molecule has 0 aliphatic heterocycles. The van der Waals surface area contributed by atoms with Gasteiger partial charge in [0, 0.05) is 12.8 Å². The number of carbonyl (C=O) groups excluding carboxylic acids is 3. The molecule has 0 heterocycles.